The van der Waals surface area contributed by atoms with Crippen LogP contribution in [-0.2, 0) is 23.7 Å². The van der Waals surface area contributed by atoms with Gasteiger partial charge in [-0.15, -0.1) is 0 Å². The molecule has 0 unspecified atom stereocenters. The maximum absolute atomic E-state index is 12.2. The van der Waals surface area contributed by atoms with Crippen LogP contribution in [-0.4, -0.2) is 43.3 Å². The van der Waals surface area contributed by atoms with Gasteiger partial charge in [-0.3, -0.25) is 0 Å². The highest BCUT2D eigenvalue weighted by Crippen LogP contribution is 2.44. The van der Waals surface area contributed by atoms with Gasteiger partial charge in [-0.1, -0.05) is 48.5 Å². The average Bonchev–Trinajstić information content (AvgIpc) is 3.20. The fraction of sp³-hybridized carbons (Fsp3) is 0.458. The Morgan fingerprint density at radius 2 is 1.67 bits per heavy atom. The smallest absolute Gasteiger partial charge is 0.338 e. The molecule has 5 rings (SSSR count). The SMILES string of the molecule is O=C(OC[C@H]1CC[C@]2(CC[C@@H]3O[C@H](c4ccccc4)OC[C@H]3O2)O1)c1ccccc1. The predicted molar refractivity (Wildman–Crippen MR) is 108 cm³/mol. The minimum absolute atomic E-state index is 0.00635. The van der Waals surface area contributed by atoms with E-state index in [2.05, 4.69) is 0 Å². The summed E-state index contributed by atoms with van der Waals surface area (Å²) in [4.78, 5) is 12.2. The zero-order valence-electron chi connectivity index (χ0n) is 16.8. The molecule has 0 N–H and O–H groups in total. The first kappa shape index (κ1) is 19.7. The van der Waals surface area contributed by atoms with Crippen LogP contribution in [0, 0.1) is 0 Å². The molecule has 1 spiro atoms. The quantitative estimate of drug-likeness (QED) is 0.710. The maximum atomic E-state index is 12.2. The molecule has 0 saturated carbocycles. The maximum Gasteiger partial charge on any atom is 0.338 e. The van der Waals surface area contributed by atoms with E-state index in [1.165, 1.54) is 0 Å². The van der Waals surface area contributed by atoms with Crippen molar-refractivity contribution in [3.8, 4) is 0 Å². The number of carbonyl (C=O) groups excluding carboxylic acids is 1. The van der Waals surface area contributed by atoms with E-state index in [-0.39, 0.29) is 37.2 Å². The second-order valence-corrected chi connectivity index (χ2v) is 8.10. The van der Waals surface area contributed by atoms with Crippen LogP contribution in [0.5, 0.6) is 0 Å². The Morgan fingerprint density at radius 1 is 0.933 bits per heavy atom. The lowest BCUT2D eigenvalue weighted by molar-refractivity contribution is -0.350. The first-order chi connectivity index (χ1) is 14.7. The predicted octanol–water partition coefficient (Wildman–Crippen LogP) is 4.01. The zero-order chi connectivity index (χ0) is 20.4. The van der Waals surface area contributed by atoms with Crippen molar-refractivity contribution in [2.45, 2.75) is 56.1 Å². The molecule has 5 atom stereocenters. The summed E-state index contributed by atoms with van der Waals surface area (Å²) >= 11 is 0. The van der Waals surface area contributed by atoms with Crippen molar-refractivity contribution in [1.82, 2.24) is 0 Å². The van der Waals surface area contributed by atoms with Crippen molar-refractivity contribution in [2.24, 2.45) is 0 Å². The topological polar surface area (TPSA) is 63.2 Å². The van der Waals surface area contributed by atoms with Crippen molar-refractivity contribution in [1.29, 1.82) is 0 Å². The van der Waals surface area contributed by atoms with Gasteiger partial charge in [-0.2, -0.15) is 0 Å². The molecule has 3 saturated heterocycles. The van der Waals surface area contributed by atoms with Crippen LogP contribution in [0.1, 0.15) is 47.9 Å². The number of hydrogen-bond donors (Lipinski definition) is 0. The summed E-state index contributed by atoms with van der Waals surface area (Å²) in [6.07, 6.45) is 2.54. The Kier molecular flexibility index (Phi) is 5.56. The fourth-order valence-electron chi connectivity index (χ4n) is 4.44. The van der Waals surface area contributed by atoms with Crippen molar-refractivity contribution >= 4 is 5.97 Å². The second-order valence-electron chi connectivity index (χ2n) is 8.10. The number of benzene rings is 2. The van der Waals surface area contributed by atoms with Crippen LogP contribution in [0.25, 0.3) is 0 Å². The molecule has 0 aliphatic carbocycles. The molecule has 158 valence electrons. The largest absolute Gasteiger partial charge is 0.459 e. The third-order valence-corrected chi connectivity index (χ3v) is 6.01. The Hall–Kier alpha value is -2.25. The Labute approximate surface area is 176 Å². The van der Waals surface area contributed by atoms with E-state index in [1.807, 2.05) is 48.5 Å². The molecule has 3 heterocycles. The zero-order valence-corrected chi connectivity index (χ0v) is 16.8. The van der Waals surface area contributed by atoms with Crippen molar-refractivity contribution in [3.63, 3.8) is 0 Å². The molecule has 0 bridgehead atoms. The summed E-state index contributed by atoms with van der Waals surface area (Å²) in [5.41, 5.74) is 1.57. The molecule has 3 aliphatic heterocycles. The summed E-state index contributed by atoms with van der Waals surface area (Å²) < 4.78 is 30.1. The third kappa shape index (κ3) is 4.14. The van der Waals surface area contributed by atoms with E-state index in [1.54, 1.807) is 12.1 Å². The van der Waals surface area contributed by atoms with E-state index in [0.717, 1.165) is 31.2 Å². The number of rotatable bonds is 4. The van der Waals surface area contributed by atoms with Crippen molar-refractivity contribution < 1.29 is 28.5 Å². The Bertz CT molecular complexity index is 857. The number of hydrogen-bond acceptors (Lipinski definition) is 6. The molecule has 6 nitrogen and oxygen atoms in total. The van der Waals surface area contributed by atoms with Crippen LogP contribution in [0.2, 0.25) is 0 Å². The first-order valence-electron chi connectivity index (χ1n) is 10.6. The van der Waals surface area contributed by atoms with Gasteiger partial charge >= 0.3 is 5.97 Å². The van der Waals surface area contributed by atoms with E-state index in [9.17, 15) is 4.79 Å². The van der Waals surface area contributed by atoms with E-state index in [0.29, 0.717) is 12.2 Å². The second kappa shape index (κ2) is 8.47. The first-order valence-corrected chi connectivity index (χ1v) is 10.6. The average molecular weight is 410 g/mol. The van der Waals surface area contributed by atoms with Crippen LogP contribution in [0.4, 0.5) is 0 Å². The van der Waals surface area contributed by atoms with Crippen molar-refractivity contribution in [3.05, 3.63) is 71.8 Å². The molecular weight excluding hydrogens is 384 g/mol. The summed E-state index contributed by atoms with van der Waals surface area (Å²) in [5, 5.41) is 0. The number of carbonyl (C=O) groups is 1. The highest BCUT2D eigenvalue weighted by atomic mass is 16.8. The highest BCUT2D eigenvalue weighted by molar-refractivity contribution is 5.89. The van der Waals surface area contributed by atoms with Gasteiger partial charge in [0.15, 0.2) is 12.1 Å². The molecule has 2 aromatic carbocycles. The molecule has 2 aromatic rings. The molecule has 3 aliphatic rings. The molecule has 0 amide bonds. The normalized spacial score (nSPS) is 33.2. The monoisotopic (exact) mass is 410 g/mol. The third-order valence-electron chi connectivity index (χ3n) is 6.01. The van der Waals surface area contributed by atoms with Crippen LogP contribution in [0.15, 0.2) is 60.7 Å². The minimum atomic E-state index is -0.628. The lowest BCUT2D eigenvalue weighted by Crippen LogP contribution is -2.53. The molecule has 3 fully saturated rings. The standard InChI is InChI=1S/C24H26O6/c25-22(17-7-3-1-4-8-17)26-15-19-11-13-24(29-19)14-12-20-21(30-24)16-27-23(28-20)18-9-5-2-6-10-18/h1-10,19-21,23H,11-16H2/t19-,20+,21-,23-,24+/m1/s1. The molecule has 0 aromatic heterocycles. The number of esters is 1. The number of fused-ring (bicyclic) bond motifs is 1. The van der Waals surface area contributed by atoms with Gasteiger partial charge in [-0.05, 0) is 25.0 Å². The van der Waals surface area contributed by atoms with Gasteiger partial charge in [-0.25, -0.2) is 4.79 Å². The minimum Gasteiger partial charge on any atom is -0.459 e. The summed E-state index contributed by atoms with van der Waals surface area (Å²) in [7, 11) is 0. The van der Waals surface area contributed by atoms with E-state index < -0.39 is 5.79 Å². The highest BCUT2D eigenvalue weighted by Gasteiger charge is 2.50. The lowest BCUT2D eigenvalue weighted by Gasteiger charge is -2.46. The molecule has 0 radical (unpaired) electrons. The fourth-order valence-corrected chi connectivity index (χ4v) is 4.44. The molecular formula is C24H26O6. The van der Waals surface area contributed by atoms with E-state index >= 15 is 0 Å². The van der Waals surface area contributed by atoms with Gasteiger partial charge in [0.2, 0.25) is 0 Å². The van der Waals surface area contributed by atoms with Crippen LogP contribution < -0.4 is 0 Å². The lowest BCUT2D eigenvalue weighted by atomic mass is 9.95. The van der Waals surface area contributed by atoms with Crippen molar-refractivity contribution in [2.75, 3.05) is 13.2 Å². The molecule has 6 heteroatoms. The van der Waals surface area contributed by atoms with Gasteiger partial charge in [0.1, 0.15) is 12.7 Å². The van der Waals surface area contributed by atoms with Gasteiger partial charge in [0.05, 0.1) is 24.4 Å². The Balaban J connectivity index is 1.13. The van der Waals surface area contributed by atoms with E-state index in [4.69, 9.17) is 23.7 Å². The number of ether oxygens (including phenoxy) is 5. The van der Waals surface area contributed by atoms with Gasteiger partial charge in [0.25, 0.3) is 0 Å². The van der Waals surface area contributed by atoms with Crippen LogP contribution in [0.3, 0.4) is 0 Å². The Morgan fingerprint density at radius 3 is 2.47 bits per heavy atom. The summed E-state index contributed by atoms with van der Waals surface area (Å²) in [5.74, 6) is -0.956. The molecule has 30 heavy (non-hydrogen) atoms. The summed E-state index contributed by atoms with van der Waals surface area (Å²) in [6, 6.07) is 19.0. The summed E-state index contributed by atoms with van der Waals surface area (Å²) in [6.45, 7) is 0.707. The van der Waals surface area contributed by atoms with Gasteiger partial charge in [0, 0.05) is 18.4 Å². The van der Waals surface area contributed by atoms with Gasteiger partial charge < -0.3 is 23.7 Å². The van der Waals surface area contributed by atoms with Crippen LogP contribution >= 0.6 is 0 Å².